The zero-order valence-corrected chi connectivity index (χ0v) is 11.7. The molecule has 0 fully saturated rings. The van der Waals surface area contributed by atoms with Crippen molar-refractivity contribution in [1.82, 2.24) is 0 Å². The van der Waals surface area contributed by atoms with E-state index in [1.807, 2.05) is 0 Å². The van der Waals surface area contributed by atoms with Crippen LogP contribution in [0.5, 0.6) is 0 Å². The molecule has 0 spiro atoms. The van der Waals surface area contributed by atoms with E-state index in [4.69, 9.17) is 19.8 Å². The predicted octanol–water partition coefficient (Wildman–Crippen LogP) is -6.64. The maximum atomic E-state index is 8.89. The molecule has 7 heteroatoms. The minimum Gasteiger partial charge on any atom is -0.554 e. The molecule has 0 radical (unpaired) electrons. The summed E-state index contributed by atoms with van der Waals surface area (Å²) in [7, 11) is 0. The van der Waals surface area contributed by atoms with Crippen LogP contribution in [0.4, 0.5) is 0 Å². The molecule has 0 aromatic rings. The maximum absolute atomic E-state index is 8.89. The topological polar surface area (TPSA) is 80.3 Å². The molecule has 10 heavy (non-hydrogen) atoms. The summed E-state index contributed by atoms with van der Waals surface area (Å²) in [6.45, 7) is 0.472. The normalized spacial score (nSPS) is 3.70. The summed E-state index contributed by atoms with van der Waals surface area (Å²) in [4.78, 5) is 17.1. The Balaban J connectivity index is -0.0000000131. The second-order valence-electron chi connectivity index (χ2n) is 0.588. The molecule has 0 aliphatic heterocycles. The summed E-state index contributed by atoms with van der Waals surface area (Å²) < 4.78 is 0. The first-order chi connectivity index (χ1) is 3.15. The zero-order chi connectivity index (χ0) is 6.28. The van der Waals surface area contributed by atoms with Gasteiger partial charge in [-0.25, -0.2) is 0 Å². The van der Waals surface area contributed by atoms with Crippen molar-refractivity contribution >= 4 is 73.2 Å². The van der Waals surface area contributed by atoms with Gasteiger partial charge in [0.2, 0.25) is 0 Å². The van der Waals surface area contributed by atoms with Crippen LogP contribution < -0.4 is 39.8 Å². The number of carboxylic acid groups (broad SMARTS) is 2. The summed E-state index contributed by atoms with van der Waals surface area (Å²) in [6, 6.07) is 0. The van der Waals surface area contributed by atoms with Crippen LogP contribution in [0.2, 0.25) is 0 Å². The molecule has 0 saturated carbocycles. The van der Waals surface area contributed by atoms with Crippen LogP contribution in [0, 0.1) is 0 Å². The molecule has 0 rings (SSSR count). The quantitative estimate of drug-likeness (QED) is 0.282. The number of hydrogen-bond acceptors (Lipinski definition) is 4. The van der Waals surface area contributed by atoms with Crippen molar-refractivity contribution in [2.24, 2.45) is 0 Å². The molecule has 0 aromatic carbocycles. The summed E-state index contributed by atoms with van der Waals surface area (Å²) in [5.74, 6) is -1.08. The van der Waals surface area contributed by atoms with E-state index >= 15 is 0 Å². The summed E-state index contributed by atoms with van der Waals surface area (Å²) in [5.41, 5.74) is 0. The Hall–Kier alpha value is 1.97. The Labute approximate surface area is 127 Å². The van der Waals surface area contributed by atoms with Crippen LogP contribution in [-0.4, -0.2) is 73.2 Å². The molecular weight excluding hydrogens is 187 g/mol. The maximum Gasteiger partial charge on any atom is 2.00 e. The zero-order valence-electron chi connectivity index (χ0n) is 6.12. The van der Waals surface area contributed by atoms with E-state index in [2.05, 4.69) is 0 Å². The van der Waals surface area contributed by atoms with Crippen LogP contribution in [0.3, 0.4) is 0 Å². The monoisotopic (exact) mass is 191 g/mol. The van der Waals surface area contributed by atoms with Gasteiger partial charge in [-0.2, -0.15) is 0 Å². The Morgan fingerprint density at radius 1 is 1.50 bits per heavy atom. The van der Waals surface area contributed by atoms with Gasteiger partial charge in [0.15, 0.2) is 0 Å². The van der Waals surface area contributed by atoms with E-state index in [0.717, 1.165) is 6.92 Å². The molecule has 0 aliphatic rings. The fourth-order valence-corrected chi connectivity index (χ4v) is 0. The van der Waals surface area contributed by atoms with Gasteiger partial charge in [0, 0.05) is 12.4 Å². The minimum absolute atomic E-state index is 0. The third kappa shape index (κ3) is 207. The standard InChI is InChI=1S/C2H4O2.CH2O2.Ca.Mg.Na/c1-2(3)4;2-1-3;;;/h1H3,(H,3,4);1H,(H,2,3);;;/q;;2*+2;+1/p-2. The predicted molar refractivity (Wildman–Crippen MR) is 28.3 cm³/mol. The molecular formula is C3H4CaMgNaO4+3. The van der Waals surface area contributed by atoms with Crippen molar-refractivity contribution < 1.29 is 49.4 Å². The molecule has 0 bridgehead atoms. The van der Waals surface area contributed by atoms with Crippen molar-refractivity contribution in [3.8, 4) is 0 Å². The Morgan fingerprint density at radius 2 is 1.50 bits per heavy atom. The molecule has 0 unspecified atom stereocenters. The molecule has 0 N–H and O–H groups in total. The van der Waals surface area contributed by atoms with Crippen molar-refractivity contribution in [2.45, 2.75) is 6.92 Å². The summed E-state index contributed by atoms with van der Waals surface area (Å²) >= 11 is 0. The van der Waals surface area contributed by atoms with E-state index in [9.17, 15) is 0 Å². The largest absolute Gasteiger partial charge is 2.00 e. The summed E-state index contributed by atoms with van der Waals surface area (Å²) in [6.07, 6.45) is 0. The number of carbonyl (C=O) groups is 2. The third-order valence-electron chi connectivity index (χ3n) is 0. The van der Waals surface area contributed by atoms with Gasteiger partial charge >= 0.3 is 90.3 Å². The number of rotatable bonds is 0. The van der Waals surface area contributed by atoms with Crippen molar-refractivity contribution in [1.29, 1.82) is 0 Å². The van der Waals surface area contributed by atoms with Crippen LogP contribution >= 0.6 is 0 Å². The van der Waals surface area contributed by atoms with Gasteiger partial charge in [-0.15, -0.1) is 0 Å². The van der Waals surface area contributed by atoms with Gasteiger partial charge in [0.05, 0.1) is 0 Å². The Morgan fingerprint density at radius 3 is 1.50 bits per heavy atom. The second-order valence-corrected chi connectivity index (χ2v) is 0.588. The number of carbonyl (C=O) groups excluding carboxylic acids is 2. The minimum atomic E-state index is -1.08. The molecule has 0 aliphatic carbocycles. The molecule has 0 aromatic heterocycles. The first-order valence-corrected chi connectivity index (χ1v) is 1.38. The van der Waals surface area contributed by atoms with Gasteiger partial charge < -0.3 is 19.8 Å². The van der Waals surface area contributed by atoms with Crippen molar-refractivity contribution in [3.63, 3.8) is 0 Å². The number of carboxylic acids is 1. The second kappa shape index (κ2) is 30.6. The molecule has 0 amide bonds. The third-order valence-corrected chi connectivity index (χ3v) is 0. The van der Waals surface area contributed by atoms with E-state index in [0.29, 0.717) is 0 Å². The number of aliphatic carboxylic acids is 1. The molecule has 4 nitrogen and oxygen atoms in total. The molecule has 0 atom stereocenters. The fraction of sp³-hybridized carbons (Fsp3) is 0.333. The molecule has 42 valence electrons. The van der Waals surface area contributed by atoms with Gasteiger partial charge in [-0.1, -0.05) is 0 Å². The summed E-state index contributed by atoms with van der Waals surface area (Å²) in [5, 5.41) is 17.1. The van der Waals surface area contributed by atoms with E-state index < -0.39 is 12.4 Å². The first kappa shape index (κ1) is 29.7. The Kier molecular flexibility index (Phi) is 90.7. The SMILES string of the molecule is CC(=O)[O-].O=C[O-].[Ca+2].[Mg+2].[Na+]. The smallest absolute Gasteiger partial charge is 0.554 e. The van der Waals surface area contributed by atoms with Gasteiger partial charge in [-0.3, -0.25) is 0 Å². The van der Waals surface area contributed by atoms with Gasteiger partial charge in [0.25, 0.3) is 0 Å². The van der Waals surface area contributed by atoms with Gasteiger partial charge in [0.1, 0.15) is 0 Å². The van der Waals surface area contributed by atoms with Crippen LogP contribution in [0.15, 0.2) is 0 Å². The van der Waals surface area contributed by atoms with Crippen molar-refractivity contribution in [3.05, 3.63) is 0 Å². The van der Waals surface area contributed by atoms with Crippen LogP contribution in [0.1, 0.15) is 6.92 Å². The first-order valence-electron chi connectivity index (χ1n) is 1.38. The van der Waals surface area contributed by atoms with Crippen LogP contribution in [0.25, 0.3) is 0 Å². The van der Waals surface area contributed by atoms with E-state index in [1.165, 1.54) is 0 Å². The average Bonchev–Trinajstić information content (AvgIpc) is 1.33. The van der Waals surface area contributed by atoms with Crippen LogP contribution in [-0.2, 0) is 9.59 Å². The van der Waals surface area contributed by atoms with E-state index in [-0.39, 0.29) is 90.3 Å². The number of hydrogen-bond donors (Lipinski definition) is 0. The van der Waals surface area contributed by atoms with Gasteiger partial charge in [-0.05, 0) is 6.92 Å². The average molecular weight is 191 g/mol. The fourth-order valence-electron chi connectivity index (χ4n) is 0. The Bertz CT molecular complexity index is 67.5. The molecule has 0 saturated heterocycles. The van der Waals surface area contributed by atoms with E-state index in [1.54, 1.807) is 0 Å². The molecule has 0 heterocycles. The van der Waals surface area contributed by atoms with Crippen molar-refractivity contribution in [2.75, 3.05) is 0 Å².